The molecule has 1 aromatic carbocycles. The Kier molecular flexibility index (Phi) is 7.18. The SMILES string of the molecule is CC(C)Cc1ccc(S(=O)(=O)N2CCN(C(=O)[C@@H]3CCCC[C@H]3C(=O)O)CC2)cc1. The third kappa shape index (κ3) is 5.03. The first kappa shape index (κ1) is 22.7. The number of hydrogen-bond donors (Lipinski definition) is 1. The third-order valence-corrected chi connectivity index (χ3v) is 8.07. The summed E-state index contributed by atoms with van der Waals surface area (Å²) in [6.45, 7) is 5.30. The number of carboxylic acid groups (broad SMARTS) is 1. The van der Waals surface area contributed by atoms with E-state index in [4.69, 9.17) is 0 Å². The zero-order valence-electron chi connectivity index (χ0n) is 17.8. The van der Waals surface area contributed by atoms with Crippen LogP contribution < -0.4 is 0 Å². The third-order valence-electron chi connectivity index (χ3n) is 6.16. The van der Waals surface area contributed by atoms with Gasteiger partial charge in [0.25, 0.3) is 0 Å². The first-order valence-corrected chi connectivity index (χ1v) is 12.2. The van der Waals surface area contributed by atoms with Gasteiger partial charge in [-0.15, -0.1) is 0 Å². The Morgan fingerprint density at radius 2 is 1.57 bits per heavy atom. The Hall–Kier alpha value is -1.93. The summed E-state index contributed by atoms with van der Waals surface area (Å²) in [5.74, 6) is -1.67. The smallest absolute Gasteiger partial charge is 0.307 e. The van der Waals surface area contributed by atoms with E-state index in [0.29, 0.717) is 31.8 Å². The molecule has 2 atom stereocenters. The van der Waals surface area contributed by atoms with Crippen LogP contribution in [0.5, 0.6) is 0 Å². The predicted octanol–water partition coefficient (Wildman–Crippen LogP) is 2.61. The number of amides is 1. The molecule has 1 saturated heterocycles. The fraction of sp³-hybridized carbons (Fsp3) is 0.636. The van der Waals surface area contributed by atoms with Gasteiger partial charge in [-0.25, -0.2) is 8.42 Å². The highest BCUT2D eigenvalue weighted by Gasteiger charge is 2.39. The van der Waals surface area contributed by atoms with Gasteiger partial charge in [-0.1, -0.05) is 38.8 Å². The molecular formula is C22H32N2O5S. The fourth-order valence-electron chi connectivity index (χ4n) is 4.52. The van der Waals surface area contributed by atoms with E-state index in [1.54, 1.807) is 17.0 Å². The van der Waals surface area contributed by atoms with Crippen molar-refractivity contribution in [1.29, 1.82) is 0 Å². The van der Waals surface area contributed by atoms with Gasteiger partial charge in [-0.3, -0.25) is 9.59 Å². The summed E-state index contributed by atoms with van der Waals surface area (Å²) in [5, 5.41) is 9.44. The van der Waals surface area contributed by atoms with Gasteiger partial charge in [-0.05, 0) is 42.9 Å². The van der Waals surface area contributed by atoms with Crippen molar-refractivity contribution in [3.8, 4) is 0 Å². The lowest BCUT2D eigenvalue weighted by molar-refractivity contribution is -0.152. The molecule has 0 spiro atoms. The van der Waals surface area contributed by atoms with Gasteiger partial charge >= 0.3 is 5.97 Å². The molecule has 1 N–H and O–H groups in total. The Bertz CT molecular complexity index is 858. The number of piperazine rings is 1. The van der Waals surface area contributed by atoms with Crippen LogP contribution >= 0.6 is 0 Å². The molecule has 2 aliphatic rings. The van der Waals surface area contributed by atoms with Gasteiger partial charge in [0.1, 0.15) is 0 Å². The van der Waals surface area contributed by atoms with Crippen molar-refractivity contribution >= 4 is 21.9 Å². The van der Waals surface area contributed by atoms with E-state index >= 15 is 0 Å². The molecular weight excluding hydrogens is 404 g/mol. The summed E-state index contributed by atoms with van der Waals surface area (Å²) in [6, 6.07) is 7.04. The maximum Gasteiger partial charge on any atom is 0.307 e. The number of rotatable bonds is 6. The average Bonchev–Trinajstić information content (AvgIpc) is 2.73. The zero-order valence-corrected chi connectivity index (χ0v) is 18.6. The Morgan fingerprint density at radius 3 is 2.10 bits per heavy atom. The zero-order chi connectivity index (χ0) is 21.9. The van der Waals surface area contributed by atoms with Gasteiger partial charge in [0.05, 0.1) is 16.7 Å². The Morgan fingerprint density at radius 1 is 1.00 bits per heavy atom. The molecule has 0 bridgehead atoms. The van der Waals surface area contributed by atoms with Crippen LogP contribution in [0.3, 0.4) is 0 Å². The van der Waals surface area contributed by atoms with Gasteiger partial charge in [0.15, 0.2) is 0 Å². The molecule has 1 aliphatic carbocycles. The summed E-state index contributed by atoms with van der Waals surface area (Å²) < 4.78 is 27.4. The predicted molar refractivity (Wildman–Crippen MR) is 113 cm³/mol. The molecule has 3 rings (SSSR count). The van der Waals surface area contributed by atoms with Crippen LogP contribution in [0.4, 0.5) is 0 Å². The molecule has 1 aliphatic heterocycles. The van der Waals surface area contributed by atoms with E-state index in [-0.39, 0.29) is 23.9 Å². The van der Waals surface area contributed by atoms with Crippen molar-refractivity contribution in [2.75, 3.05) is 26.2 Å². The maximum atomic E-state index is 13.0. The lowest BCUT2D eigenvalue weighted by atomic mass is 9.78. The minimum absolute atomic E-state index is 0.141. The van der Waals surface area contributed by atoms with Crippen LogP contribution in [0, 0.1) is 17.8 Å². The summed E-state index contributed by atoms with van der Waals surface area (Å²) in [4.78, 5) is 26.3. The fourth-order valence-corrected chi connectivity index (χ4v) is 5.95. The van der Waals surface area contributed by atoms with Crippen molar-refractivity contribution in [2.24, 2.45) is 17.8 Å². The number of nitrogens with zero attached hydrogens (tertiary/aromatic N) is 2. The maximum absolute atomic E-state index is 13.0. The molecule has 1 saturated carbocycles. The minimum Gasteiger partial charge on any atom is -0.481 e. The number of carboxylic acids is 1. The van der Waals surface area contributed by atoms with Gasteiger partial charge in [0.2, 0.25) is 15.9 Å². The van der Waals surface area contributed by atoms with Crippen LogP contribution in [-0.4, -0.2) is 60.8 Å². The van der Waals surface area contributed by atoms with Crippen molar-refractivity contribution in [2.45, 2.75) is 50.8 Å². The van der Waals surface area contributed by atoms with Crippen molar-refractivity contribution in [1.82, 2.24) is 9.21 Å². The molecule has 166 valence electrons. The molecule has 2 fully saturated rings. The molecule has 0 radical (unpaired) electrons. The van der Waals surface area contributed by atoms with E-state index in [1.165, 1.54) is 4.31 Å². The lowest BCUT2D eigenvalue weighted by Gasteiger charge is -2.38. The van der Waals surface area contributed by atoms with E-state index in [2.05, 4.69) is 13.8 Å². The molecule has 8 heteroatoms. The number of sulfonamides is 1. The highest BCUT2D eigenvalue weighted by Crippen LogP contribution is 2.32. The van der Waals surface area contributed by atoms with Crippen LogP contribution in [0.1, 0.15) is 45.1 Å². The first-order chi connectivity index (χ1) is 14.2. The lowest BCUT2D eigenvalue weighted by Crippen LogP contribution is -2.53. The Balaban J connectivity index is 1.62. The summed E-state index contributed by atoms with van der Waals surface area (Å²) >= 11 is 0. The normalized spacial score (nSPS) is 23.5. The molecule has 30 heavy (non-hydrogen) atoms. The molecule has 0 unspecified atom stereocenters. The van der Waals surface area contributed by atoms with Crippen molar-refractivity contribution in [3.63, 3.8) is 0 Å². The number of benzene rings is 1. The first-order valence-electron chi connectivity index (χ1n) is 10.8. The summed E-state index contributed by atoms with van der Waals surface area (Å²) in [5.41, 5.74) is 1.11. The standard InChI is InChI=1S/C22H32N2O5S/c1-16(2)15-17-7-9-18(10-8-17)30(28,29)24-13-11-23(12-14-24)21(25)19-5-3-4-6-20(19)22(26)27/h7-10,16,19-20H,3-6,11-15H2,1-2H3,(H,26,27)/t19-,20-/m1/s1. The van der Waals surface area contributed by atoms with Crippen LogP contribution in [0.25, 0.3) is 0 Å². The molecule has 7 nitrogen and oxygen atoms in total. The molecule has 1 amide bonds. The van der Waals surface area contributed by atoms with Crippen LogP contribution in [0.2, 0.25) is 0 Å². The number of carbonyl (C=O) groups is 2. The van der Waals surface area contributed by atoms with Crippen molar-refractivity contribution in [3.05, 3.63) is 29.8 Å². The van der Waals surface area contributed by atoms with E-state index < -0.39 is 27.8 Å². The molecule has 1 heterocycles. The van der Waals surface area contributed by atoms with Crippen LogP contribution in [-0.2, 0) is 26.0 Å². The summed E-state index contributed by atoms with van der Waals surface area (Å²) in [6.07, 6.45) is 3.73. The molecule has 0 aromatic heterocycles. The number of hydrogen-bond acceptors (Lipinski definition) is 4. The van der Waals surface area contributed by atoms with E-state index in [9.17, 15) is 23.1 Å². The van der Waals surface area contributed by atoms with Gasteiger partial charge in [0, 0.05) is 26.2 Å². The second-order valence-electron chi connectivity index (χ2n) is 8.81. The Labute approximate surface area is 179 Å². The second-order valence-corrected chi connectivity index (χ2v) is 10.7. The van der Waals surface area contributed by atoms with Crippen molar-refractivity contribution < 1.29 is 23.1 Å². The quantitative estimate of drug-likeness (QED) is 0.740. The highest BCUT2D eigenvalue weighted by molar-refractivity contribution is 7.89. The largest absolute Gasteiger partial charge is 0.481 e. The monoisotopic (exact) mass is 436 g/mol. The topological polar surface area (TPSA) is 95.0 Å². The average molecular weight is 437 g/mol. The van der Waals surface area contributed by atoms with Gasteiger partial charge in [-0.2, -0.15) is 4.31 Å². The minimum atomic E-state index is -3.60. The van der Waals surface area contributed by atoms with E-state index in [0.717, 1.165) is 24.8 Å². The number of aliphatic carboxylic acids is 1. The van der Waals surface area contributed by atoms with Gasteiger partial charge < -0.3 is 10.0 Å². The van der Waals surface area contributed by atoms with Crippen LogP contribution in [0.15, 0.2) is 29.2 Å². The molecule has 1 aromatic rings. The number of carbonyl (C=O) groups excluding carboxylic acids is 1. The second kappa shape index (κ2) is 9.47. The highest BCUT2D eigenvalue weighted by atomic mass is 32.2. The van der Waals surface area contributed by atoms with E-state index in [1.807, 2.05) is 12.1 Å². The summed E-state index contributed by atoms with van der Waals surface area (Å²) in [7, 11) is -3.60.